The summed E-state index contributed by atoms with van der Waals surface area (Å²) in [5, 5.41) is 17.5. The molecule has 29 heavy (non-hydrogen) atoms. The third-order valence-corrected chi connectivity index (χ3v) is 5.50. The molecule has 174 valence electrons. The van der Waals surface area contributed by atoms with Crippen LogP contribution in [0.5, 0.6) is 0 Å². The predicted octanol–water partition coefficient (Wildman–Crippen LogP) is 4.10. The molecule has 9 heteroatoms. The number of rotatable bonds is 18. The van der Waals surface area contributed by atoms with Gasteiger partial charge in [-0.25, -0.2) is 0 Å². The van der Waals surface area contributed by atoms with Crippen LogP contribution in [0, 0.1) is 0 Å². The number of carboxylic acid groups (broad SMARTS) is 2. The molecule has 0 aromatic heterocycles. The van der Waals surface area contributed by atoms with E-state index in [1.165, 1.54) is 90.1 Å². The van der Waals surface area contributed by atoms with Gasteiger partial charge in [0.15, 0.2) is 5.25 Å². The van der Waals surface area contributed by atoms with Crippen LogP contribution in [0.15, 0.2) is 0 Å². The van der Waals surface area contributed by atoms with Crippen molar-refractivity contribution in [2.45, 2.75) is 103 Å². The highest BCUT2D eigenvalue weighted by Gasteiger charge is 2.33. The average molecular weight is 440 g/mol. The summed E-state index contributed by atoms with van der Waals surface area (Å²) in [6.07, 6.45) is 15.7. The molecule has 0 fully saturated rings. The minimum atomic E-state index is -4.84. The molecule has 0 aliphatic heterocycles. The van der Waals surface area contributed by atoms with Crippen LogP contribution in [-0.2, 0) is 19.7 Å². The second-order valence-electron chi connectivity index (χ2n) is 7.23. The van der Waals surface area contributed by atoms with E-state index in [4.69, 9.17) is 14.8 Å². The molecule has 0 aromatic rings. The molecule has 1 atom stereocenters. The van der Waals surface area contributed by atoms with Crippen LogP contribution in [0.25, 0.3) is 0 Å². The van der Waals surface area contributed by atoms with Crippen LogP contribution >= 0.6 is 0 Å². The minimum Gasteiger partial charge on any atom is -0.481 e. The SMILES string of the molecule is CCCCCCCCNCCCCCCCC.O=C(O)CC(C(=O)O)S(=O)(=O)O. The van der Waals surface area contributed by atoms with Crippen molar-refractivity contribution in [1.29, 1.82) is 0 Å². The van der Waals surface area contributed by atoms with E-state index in [2.05, 4.69) is 19.2 Å². The molecule has 0 radical (unpaired) electrons. The Hall–Kier alpha value is -1.19. The quantitative estimate of drug-likeness (QED) is 0.185. The second-order valence-corrected chi connectivity index (χ2v) is 8.82. The molecule has 0 bridgehead atoms. The van der Waals surface area contributed by atoms with Gasteiger partial charge in [-0.2, -0.15) is 8.42 Å². The lowest BCUT2D eigenvalue weighted by Crippen LogP contribution is -2.31. The highest BCUT2D eigenvalue weighted by atomic mass is 32.2. The van der Waals surface area contributed by atoms with Crippen molar-refractivity contribution >= 4 is 22.1 Å². The van der Waals surface area contributed by atoms with Gasteiger partial charge in [-0.3, -0.25) is 14.1 Å². The van der Waals surface area contributed by atoms with Crippen molar-refractivity contribution in [2.75, 3.05) is 13.1 Å². The number of unbranched alkanes of at least 4 members (excludes halogenated alkanes) is 10. The maximum absolute atomic E-state index is 10.2. The van der Waals surface area contributed by atoms with Crippen molar-refractivity contribution in [1.82, 2.24) is 5.32 Å². The summed E-state index contributed by atoms with van der Waals surface area (Å²) in [6.45, 7) is 7.03. The fourth-order valence-corrected chi connectivity index (χ4v) is 3.27. The normalized spacial score (nSPS) is 12.1. The molecule has 8 nitrogen and oxygen atoms in total. The summed E-state index contributed by atoms with van der Waals surface area (Å²) in [5.74, 6) is -3.50. The zero-order chi connectivity index (χ0) is 22.5. The first-order chi connectivity index (χ1) is 13.7. The van der Waals surface area contributed by atoms with Crippen LogP contribution in [0.1, 0.15) is 97.3 Å². The van der Waals surface area contributed by atoms with Crippen LogP contribution in [-0.4, -0.2) is 53.5 Å². The molecule has 0 spiro atoms. The van der Waals surface area contributed by atoms with E-state index in [1.807, 2.05) is 0 Å². The Bertz CT molecular complexity index is 495. The Balaban J connectivity index is 0. The van der Waals surface area contributed by atoms with Gasteiger partial charge in [0.05, 0.1) is 6.42 Å². The molecule has 0 amide bonds. The van der Waals surface area contributed by atoms with Gasteiger partial charge in [-0.15, -0.1) is 0 Å². The zero-order valence-electron chi connectivity index (χ0n) is 18.1. The Morgan fingerprint density at radius 2 is 1.14 bits per heavy atom. The molecule has 4 N–H and O–H groups in total. The van der Waals surface area contributed by atoms with E-state index >= 15 is 0 Å². The highest BCUT2D eigenvalue weighted by Crippen LogP contribution is 2.06. The Kier molecular flexibility index (Phi) is 20.8. The lowest BCUT2D eigenvalue weighted by Gasteiger charge is -2.04. The van der Waals surface area contributed by atoms with Gasteiger partial charge >= 0.3 is 11.9 Å². The smallest absolute Gasteiger partial charge is 0.325 e. The average Bonchev–Trinajstić information content (AvgIpc) is 2.63. The van der Waals surface area contributed by atoms with Crippen molar-refractivity contribution in [3.8, 4) is 0 Å². The molecule has 0 aromatic carbocycles. The molecular weight excluding hydrogens is 398 g/mol. The number of nitrogens with one attached hydrogen (secondary N) is 1. The number of aliphatic carboxylic acids is 2. The zero-order valence-corrected chi connectivity index (χ0v) is 18.9. The lowest BCUT2D eigenvalue weighted by atomic mass is 10.1. The van der Waals surface area contributed by atoms with E-state index in [0.29, 0.717) is 0 Å². The fraction of sp³-hybridized carbons (Fsp3) is 0.900. The molecule has 0 saturated heterocycles. The predicted molar refractivity (Wildman–Crippen MR) is 115 cm³/mol. The Labute approximate surface area is 176 Å². The van der Waals surface area contributed by atoms with Gasteiger partial charge < -0.3 is 15.5 Å². The van der Waals surface area contributed by atoms with E-state index in [0.717, 1.165) is 0 Å². The third kappa shape index (κ3) is 23.0. The van der Waals surface area contributed by atoms with Crippen LogP contribution < -0.4 is 5.32 Å². The van der Waals surface area contributed by atoms with Crippen LogP contribution in [0.3, 0.4) is 0 Å². The van der Waals surface area contributed by atoms with E-state index in [1.54, 1.807) is 0 Å². The summed E-state index contributed by atoms with van der Waals surface area (Å²) in [4.78, 5) is 20.0. The lowest BCUT2D eigenvalue weighted by molar-refractivity contribution is -0.143. The maximum Gasteiger partial charge on any atom is 0.325 e. The van der Waals surface area contributed by atoms with Crippen molar-refractivity contribution < 1.29 is 32.8 Å². The summed E-state index contributed by atoms with van der Waals surface area (Å²) in [5.41, 5.74) is 0. The fourth-order valence-electron chi connectivity index (χ4n) is 2.66. The number of hydrogen-bond acceptors (Lipinski definition) is 5. The van der Waals surface area contributed by atoms with E-state index in [9.17, 15) is 18.0 Å². The molecule has 1 unspecified atom stereocenters. The van der Waals surface area contributed by atoms with Gasteiger partial charge in [0, 0.05) is 0 Å². The van der Waals surface area contributed by atoms with Gasteiger partial charge in [0.2, 0.25) is 0 Å². The summed E-state index contributed by atoms with van der Waals surface area (Å²) in [7, 11) is -4.84. The van der Waals surface area contributed by atoms with Gasteiger partial charge in [0.1, 0.15) is 0 Å². The molecule has 0 rings (SSSR count). The van der Waals surface area contributed by atoms with Crippen molar-refractivity contribution in [3.05, 3.63) is 0 Å². The van der Waals surface area contributed by atoms with Gasteiger partial charge in [0.25, 0.3) is 10.1 Å². The van der Waals surface area contributed by atoms with Gasteiger partial charge in [-0.05, 0) is 25.9 Å². The summed E-state index contributed by atoms with van der Waals surface area (Å²) < 4.78 is 28.7. The summed E-state index contributed by atoms with van der Waals surface area (Å²) >= 11 is 0. The Morgan fingerprint density at radius 3 is 1.41 bits per heavy atom. The molecule has 0 aliphatic carbocycles. The van der Waals surface area contributed by atoms with Gasteiger partial charge in [-0.1, -0.05) is 78.1 Å². The molecule has 0 heterocycles. The van der Waals surface area contributed by atoms with E-state index in [-0.39, 0.29) is 0 Å². The summed E-state index contributed by atoms with van der Waals surface area (Å²) in [6, 6.07) is 0. The van der Waals surface area contributed by atoms with E-state index < -0.39 is 33.7 Å². The first kappa shape index (κ1) is 30.0. The highest BCUT2D eigenvalue weighted by molar-refractivity contribution is 7.87. The maximum atomic E-state index is 10.2. The molecule has 0 saturated carbocycles. The molecular formula is C20H41NO7S. The first-order valence-electron chi connectivity index (χ1n) is 10.8. The van der Waals surface area contributed by atoms with Crippen LogP contribution in [0.2, 0.25) is 0 Å². The topological polar surface area (TPSA) is 141 Å². The van der Waals surface area contributed by atoms with Crippen molar-refractivity contribution in [3.63, 3.8) is 0 Å². The second kappa shape index (κ2) is 20.1. The Morgan fingerprint density at radius 1 is 0.759 bits per heavy atom. The van der Waals surface area contributed by atoms with Crippen molar-refractivity contribution in [2.24, 2.45) is 0 Å². The third-order valence-electron chi connectivity index (χ3n) is 4.41. The number of carboxylic acids is 2. The number of hydrogen-bond donors (Lipinski definition) is 4. The van der Waals surface area contributed by atoms with Crippen LogP contribution in [0.4, 0.5) is 0 Å². The minimum absolute atomic E-state index is 1.16. The standard InChI is InChI=1S/C16H35N.C4H6O7S/c1-3-5-7-9-11-13-15-17-16-14-12-10-8-6-4-2;5-3(6)1-2(4(7)8)12(9,10)11/h17H,3-16H2,1-2H3;2H,1H2,(H,5,6)(H,7,8)(H,9,10,11). The first-order valence-corrected chi connectivity index (χ1v) is 12.3. The molecule has 0 aliphatic rings. The number of carbonyl (C=O) groups is 2. The largest absolute Gasteiger partial charge is 0.481 e. The monoisotopic (exact) mass is 439 g/mol.